The summed E-state index contributed by atoms with van der Waals surface area (Å²) < 4.78 is 75.3. The van der Waals surface area contributed by atoms with E-state index in [1.807, 2.05) is 23.5 Å². The van der Waals surface area contributed by atoms with E-state index in [9.17, 15) is 26.3 Å². The van der Waals surface area contributed by atoms with Crippen LogP contribution in [0, 0.1) is 5.41 Å². The molecule has 15 heteroatoms. The number of nitrogens with zero attached hydrogens (tertiary/aromatic N) is 2. The largest absolute Gasteiger partial charge is 0.490 e. The van der Waals surface area contributed by atoms with Gasteiger partial charge in [0, 0.05) is 17.6 Å². The zero-order valence-corrected chi connectivity index (χ0v) is 20.7. The average Bonchev–Trinajstić information content (AvgIpc) is 3.50. The van der Waals surface area contributed by atoms with Crippen LogP contribution in [0.15, 0.2) is 42.0 Å². The number of halogens is 6. The van der Waals surface area contributed by atoms with Gasteiger partial charge >= 0.3 is 24.3 Å². The van der Waals surface area contributed by atoms with Crippen LogP contribution in [0.1, 0.15) is 24.1 Å². The van der Waals surface area contributed by atoms with Crippen molar-refractivity contribution in [2.45, 2.75) is 44.3 Å². The van der Waals surface area contributed by atoms with Gasteiger partial charge in [0.25, 0.3) is 0 Å². The average molecular weight is 573 g/mol. The van der Waals surface area contributed by atoms with Gasteiger partial charge in [0.1, 0.15) is 12.4 Å². The van der Waals surface area contributed by atoms with Crippen LogP contribution < -0.4 is 4.74 Å². The number of alkyl halides is 6. The zero-order chi connectivity index (χ0) is 28.4. The molecule has 2 fully saturated rings. The molecule has 2 saturated heterocycles. The third-order valence-corrected chi connectivity index (χ3v) is 6.58. The molecule has 4 heterocycles. The fourth-order valence-electron chi connectivity index (χ4n) is 3.78. The smallest absolute Gasteiger partial charge is 0.489 e. The second-order valence-corrected chi connectivity index (χ2v) is 9.63. The first-order valence-corrected chi connectivity index (χ1v) is 12.1. The molecule has 0 aromatic carbocycles. The van der Waals surface area contributed by atoms with Gasteiger partial charge in [-0.05, 0) is 61.3 Å². The second kappa shape index (κ2) is 13.8. The molecule has 0 radical (unpaired) electrons. The Morgan fingerprint density at radius 2 is 1.68 bits per heavy atom. The summed E-state index contributed by atoms with van der Waals surface area (Å²) in [5.41, 5.74) is 0.370. The van der Waals surface area contributed by atoms with Gasteiger partial charge in [0.05, 0.1) is 18.9 Å². The van der Waals surface area contributed by atoms with E-state index in [0.29, 0.717) is 12.0 Å². The van der Waals surface area contributed by atoms with Crippen LogP contribution in [0.2, 0.25) is 0 Å². The summed E-state index contributed by atoms with van der Waals surface area (Å²) in [6.45, 7) is 4.98. The van der Waals surface area contributed by atoms with Gasteiger partial charge in [0.15, 0.2) is 0 Å². The molecule has 2 aliphatic heterocycles. The Morgan fingerprint density at radius 3 is 2.16 bits per heavy atom. The Kier molecular flexibility index (Phi) is 11.3. The zero-order valence-electron chi connectivity index (χ0n) is 19.9. The summed E-state index contributed by atoms with van der Waals surface area (Å²) in [5, 5.41) is 16.4. The van der Waals surface area contributed by atoms with Gasteiger partial charge in [0.2, 0.25) is 0 Å². The molecule has 2 aliphatic rings. The predicted octanol–water partition coefficient (Wildman–Crippen LogP) is 4.86. The Morgan fingerprint density at radius 1 is 1.08 bits per heavy atom. The van der Waals surface area contributed by atoms with E-state index in [2.05, 4.69) is 27.4 Å². The number of thiophene rings is 1. The van der Waals surface area contributed by atoms with Gasteiger partial charge in [-0.15, -0.1) is 11.3 Å². The summed E-state index contributed by atoms with van der Waals surface area (Å²) in [6.07, 6.45) is -2.83. The normalized spacial score (nSPS) is 19.1. The van der Waals surface area contributed by atoms with Crippen LogP contribution >= 0.6 is 11.3 Å². The maximum absolute atomic E-state index is 10.6. The lowest BCUT2D eigenvalue weighted by Gasteiger charge is -2.38. The van der Waals surface area contributed by atoms with Crippen molar-refractivity contribution < 1.29 is 55.6 Å². The van der Waals surface area contributed by atoms with Gasteiger partial charge in [-0.2, -0.15) is 26.3 Å². The van der Waals surface area contributed by atoms with Crippen molar-refractivity contribution in [1.29, 1.82) is 0 Å². The van der Waals surface area contributed by atoms with Crippen LogP contribution in [-0.2, 0) is 20.9 Å². The van der Waals surface area contributed by atoms with E-state index in [1.165, 1.54) is 30.8 Å². The summed E-state index contributed by atoms with van der Waals surface area (Å²) in [4.78, 5) is 25.9. The van der Waals surface area contributed by atoms with Crippen LogP contribution in [0.4, 0.5) is 26.3 Å². The molecule has 4 rings (SSSR count). The highest BCUT2D eigenvalue weighted by Crippen LogP contribution is 2.42. The molecule has 0 saturated carbocycles. The van der Waals surface area contributed by atoms with Crippen molar-refractivity contribution in [3.63, 3.8) is 0 Å². The molecule has 2 N–H and O–H groups in total. The molecule has 1 spiro atoms. The van der Waals surface area contributed by atoms with E-state index in [0.717, 1.165) is 25.3 Å². The summed E-state index contributed by atoms with van der Waals surface area (Å²) in [7, 11) is 0. The van der Waals surface area contributed by atoms with Crippen molar-refractivity contribution >= 4 is 23.3 Å². The number of hydrogen-bond donors (Lipinski definition) is 2. The van der Waals surface area contributed by atoms with E-state index in [-0.39, 0.29) is 6.10 Å². The Bertz CT molecular complexity index is 972. The van der Waals surface area contributed by atoms with Crippen LogP contribution in [0.25, 0.3) is 0 Å². The highest BCUT2D eigenvalue weighted by atomic mass is 32.1. The lowest BCUT2D eigenvalue weighted by molar-refractivity contribution is -0.193. The lowest BCUT2D eigenvalue weighted by atomic mass is 9.76. The molecule has 8 nitrogen and oxygen atoms in total. The molecule has 1 unspecified atom stereocenters. The number of carboxylic acids is 2. The minimum atomic E-state index is -5.08. The molecule has 2 aromatic heterocycles. The topological polar surface area (TPSA) is 109 Å². The molecule has 212 valence electrons. The van der Waals surface area contributed by atoms with E-state index >= 15 is 0 Å². The first kappa shape index (κ1) is 31.3. The number of aromatic nitrogens is 1. The highest BCUT2D eigenvalue weighted by molar-refractivity contribution is 7.09. The minimum absolute atomic E-state index is 0.217. The van der Waals surface area contributed by atoms with Crippen LogP contribution in [0.3, 0.4) is 0 Å². The van der Waals surface area contributed by atoms with E-state index in [4.69, 9.17) is 29.3 Å². The number of aliphatic carboxylic acids is 2. The Hall–Kier alpha value is -2.91. The van der Waals surface area contributed by atoms with Crippen molar-refractivity contribution in [2.24, 2.45) is 5.41 Å². The number of piperidine rings is 1. The minimum Gasteiger partial charge on any atom is -0.489 e. The molecular weight excluding hydrogens is 546 g/mol. The number of rotatable bonds is 5. The van der Waals surface area contributed by atoms with E-state index in [1.54, 1.807) is 12.4 Å². The van der Waals surface area contributed by atoms with E-state index < -0.39 is 24.3 Å². The maximum atomic E-state index is 10.6. The van der Waals surface area contributed by atoms with Gasteiger partial charge in [-0.25, -0.2) is 9.59 Å². The predicted molar refractivity (Wildman–Crippen MR) is 123 cm³/mol. The number of hydrogen-bond acceptors (Lipinski definition) is 7. The number of pyridine rings is 1. The first-order chi connectivity index (χ1) is 17.7. The molecule has 0 bridgehead atoms. The molecule has 1 atom stereocenters. The molecular formula is C23H26F6N2O6S. The third kappa shape index (κ3) is 10.8. The van der Waals surface area contributed by atoms with Crippen molar-refractivity contribution in [3.05, 3.63) is 46.9 Å². The van der Waals surface area contributed by atoms with Crippen molar-refractivity contribution in [1.82, 2.24) is 9.88 Å². The van der Waals surface area contributed by atoms with Gasteiger partial charge in [-0.3, -0.25) is 9.88 Å². The van der Waals surface area contributed by atoms with Gasteiger partial charge in [-0.1, -0.05) is 6.07 Å². The Labute approximate surface area is 217 Å². The fraction of sp³-hybridized carbons (Fsp3) is 0.522. The molecule has 0 aliphatic carbocycles. The number of carbonyl (C=O) groups is 2. The maximum Gasteiger partial charge on any atom is 0.490 e. The quantitative estimate of drug-likeness (QED) is 0.489. The lowest BCUT2D eigenvalue weighted by Crippen LogP contribution is -2.40. The van der Waals surface area contributed by atoms with Crippen LogP contribution in [0.5, 0.6) is 5.75 Å². The summed E-state index contributed by atoms with van der Waals surface area (Å²) in [6, 6.07) is 8.22. The summed E-state index contributed by atoms with van der Waals surface area (Å²) in [5.74, 6) is -4.69. The SMILES string of the molecule is O=C(O)C(F)(F)F.O=C(O)C(F)(F)F.c1cncc(OCC2CC3(CCN(Cc4cccs4)CC3)CO2)c1. The monoisotopic (exact) mass is 572 g/mol. The van der Waals surface area contributed by atoms with Gasteiger partial charge < -0.3 is 19.7 Å². The third-order valence-electron chi connectivity index (χ3n) is 5.72. The summed E-state index contributed by atoms with van der Waals surface area (Å²) >= 11 is 1.86. The van der Waals surface area contributed by atoms with Crippen molar-refractivity contribution in [2.75, 3.05) is 26.3 Å². The molecule has 0 amide bonds. The fourth-order valence-corrected chi connectivity index (χ4v) is 4.53. The number of likely N-dealkylation sites (tertiary alicyclic amines) is 1. The second-order valence-electron chi connectivity index (χ2n) is 8.60. The Balaban J connectivity index is 0.000000301. The number of carboxylic acid groups (broad SMARTS) is 2. The standard InChI is InChI=1S/C19H24N2O2S.2C2HF3O2/c1-3-16(12-20-7-1)22-14-17-11-19(15-23-17)5-8-21(9-6-19)13-18-4-2-10-24-18;2*3-2(4,5)1(6)7/h1-4,7,10,12,17H,5-6,8-9,11,13-15H2;2*(H,6,7). The highest BCUT2D eigenvalue weighted by Gasteiger charge is 2.42. The van der Waals surface area contributed by atoms with Crippen molar-refractivity contribution in [3.8, 4) is 5.75 Å². The number of ether oxygens (including phenoxy) is 2. The van der Waals surface area contributed by atoms with Crippen LogP contribution in [-0.4, -0.2) is 76.8 Å². The first-order valence-electron chi connectivity index (χ1n) is 11.2. The molecule has 2 aromatic rings. The molecule has 38 heavy (non-hydrogen) atoms.